The first-order valence-corrected chi connectivity index (χ1v) is 14.3. The van der Waals surface area contributed by atoms with Gasteiger partial charge in [0.25, 0.3) is 5.69 Å². The second-order valence-electron chi connectivity index (χ2n) is 8.88. The minimum atomic E-state index is -0.773. The molecule has 0 aliphatic rings. The van der Waals surface area contributed by atoms with Gasteiger partial charge in [-0.1, -0.05) is 75.6 Å². The number of para-hydroxylation sites is 1. The van der Waals surface area contributed by atoms with Crippen molar-refractivity contribution in [1.82, 2.24) is 9.97 Å². The molecule has 0 spiro atoms. The molecule has 2 amide bonds. The molecule has 0 fully saturated rings. The highest BCUT2D eigenvalue weighted by molar-refractivity contribution is 9.10. The van der Waals surface area contributed by atoms with Crippen LogP contribution >= 0.6 is 27.5 Å². The van der Waals surface area contributed by atoms with Crippen molar-refractivity contribution in [2.24, 2.45) is 4.99 Å². The van der Waals surface area contributed by atoms with Crippen LogP contribution in [0.15, 0.2) is 64.3 Å². The second kappa shape index (κ2) is 16.5. The normalized spacial score (nSPS) is 11.2. The van der Waals surface area contributed by atoms with Gasteiger partial charge in [0.1, 0.15) is 11.3 Å². The lowest BCUT2D eigenvalue weighted by molar-refractivity contribution is -0.385. The third-order valence-electron chi connectivity index (χ3n) is 5.75. The number of rotatable bonds is 14. The number of aliphatic imine (C=N–C) groups is 1. The molecule has 0 saturated carbocycles. The quantitative estimate of drug-likeness (QED) is 0.0618. The number of ether oxygens (including phenoxy) is 2. The van der Waals surface area contributed by atoms with E-state index < -0.39 is 11.0 Å². The molecule has 2 aromatic carbocycles. The summed E-state index contributed by atoms with van der Waals surface area (Å²) in [5.41, 5.74) is 0.260. The first-order valence-electron chi connectivity index (χ1n) is 13.1. The number of urea groups is 1. The number of halogens is 2. The number of nitro benzene ring substituents is 1. The number of benzene rings is 2. The molecule has 0 unspecified atom stereocenters. The minimum absolute atomic E-state index is 0.106. The average Bonchev–Trinajstić information content (AvgIpc) is 2.94. The second-order valence-corrected chi connectivity index (χ2v) is 10.2. The first kappa shape index (κ1) is 31.0. The Labute approximate surface area is 246 Å². The predicted molar refractivity (Wildman–Crippen MR) is 158 cm³/mol. The summed E-state index contributed by atoms with van der Waals surface area (Å²) in [5, 5.41) is 14.4. The molecular weight excluding hydrogens is 602 g/mol. The third-order valence-corrected chi connectivity index (χ3v) is 6.46. The van der Waals surface area contributed by atoms with Gasteiger partial charge in [0, 0.05) is 24.1 Å². The number of aromatic nitrogens is 2. The highest BCUT2D eigenvalue weighted by Crippen LogP contribution is 2.30. The van der Waals surface area contributed by atoms with Crippen molar-refractivity contribution >= 4 is 50.8 Å². The summed E-state index contributed by atoms with van der Waals surface area (Å²) in [6.45, 7) is 2.47. The molecule has 0 atom stereocenters. The van der Waals surface area contributed by atoms with Crippen LogP contribution in [0.4, 0.5) is 16.2 Å². The van der Waals surface area contributed by atoms with Crippen LogP contribution in [-0.2, 0) is 4.74 Å². The molecular formula is C28H31BrClN5O5. The van der Waals surface area contributed by atoms with E-state index in [4.69, 9.17) is 21.1 Å². The molecule has 12 heteroatoms. The lowest BCUT2D eigenvalue weighted by Crippen LogP contribution is -2.16. The van der Waals surface area contributed by atoms with Gasteiger partial charge in [-0.05, 0) is 46.6 Å². The summed E-state index contributed by atoms with van der Waals surface area (Å²) < 4.78 is 12.1. The van der Waals surface area contributed by atoms with E-state index in [1.807, 2.05) is 0 Å². The molecule has 3 aromatic rings. The number of hydrogen-bond donors (Lipinski definition) is 1. The minimum Gasteiger partial charge on any atom is -0.477 e. The van der Waals surface area contributed by atoms with E-state index in [0.717, 1.165) is 25.7 Å². The summed E-state index contributed by atoms with van der Waals surface area (Å²) in [6.07, 6.45) is 12.0. The monoisotopic (exact) mass is 631 g/mol. The maximum absolute atomic E-state index is 12.8. The number of unbranched alkanes of at least 4 members (excludes halogenated alkanes) is 7. The lowest BCUT2D eigenvalue weighted by Gasteiger charge is -2.11. The van der Waals surface area contributed by atoms with E-state index in [-0.39, 0.29) is 34.8 Å². The number of nitrogens with zero attached hydrogens (tertiary/aromatic N) is 4. The molecule has 0 aliphatic heterocycles. The Balaban J connectivity index is 1.66. The summed E-state index contributed by atoms with van der Waals surface area (Å²) >= 11 is 9.57. The largest absolute Gasteiger partial charge is 0.477 e. The van der Waals surface area contributed by atoms with Crippen molar-refractivity contribution in [2.45, 2.75) is 58.3 Å². The fourth-order valence-electron chi connectivity index (χ4n) is 3.75. The predicted octanol–water partition coefficient (Wildman–Crippen LogP) is 8.73. The van der Waals surface area contributed by atoms with E-state index in [9.17, 15) is 14.9 Å². The van der Waals surface area contributed by atoms with E-state index in [2.05, 4.69) is 43.1 Å². The fraction of sp³-hybridized carbons (Fsp3) is 0.357. The summed E-state index contributed by atoms with van der Waals surface area (Å²) in [4.78, 5) is 36.0. The Kier molecular flexibility index (Phi) is 12.8. The third kappa shape index (κ3) is 10.2. The van der Waals surface area contributed by atoms with E-state index in [1.165, 1.54) is 56.3 Å². The number of carbonyl (C=O) groups excluding carboxylic acids is 1. The van der Waals surface area contributed by atoms with E-state index >= 15 is 0 Å². The Bertz CT molecular complexity index is 1310. The molecule has 1 heterocycles. The van der Waals surface area contributed by atoms with Crippen molar-refractivity contribution in [3.63, 3.8) is 0 Å². The summed E-state index contributed by atoms with van der Waals surface area (Å²) in [7, 11) is 0. The zero-order chi connectivity index (χ0) is 28.7. The summed E-state index contributed by atoms with van der Waals surface area (Å²) in [5.74, 6) is 0.172. The summed E-state index contributed by atoms with van der Waals surface area (Å²) in [6, 6.07) is 9.95. The van der Waals surface area contributed by atoms with Crippen LogP contribution in [0.5, 0.6) is 11.8 Å². The molecule has 1 N–H and O–H groups in total. The Morgan fingerprint density at radius 2 is 1.73 bits per heavy atom. The van der Waals surface area contributed by atoms with Crippen LogP contribution in [0, 0.1) is 10.1 Å². The Morgan fingerprint density at radius 3 is 2.40 bits per heavy atom. The molecule has 0 saturated heterocycles. The Morgan fingerprint density at radius 1 is 1.05 bits per heavy atom. The van der Waals surface area contributed by atoms with Crippen molar-refractivity contribution in [3.05, 3.63) is 80.0 Å². The van der Waals surface area contributed by atoms with Gasteiger partial charge >= 0.3 is 12.0 Å². The maximum Gasteiger partial charge on any atom is 0.348 e. The zero-order valence-corrected chi connectivity index (χ0v) is 24.5. The van der Waals surface area contributed by atoms with Crippen LogP contribution in [0.1, 0.15) is 63.9 Å². The van der Waals surface area contributed by atoms with Crippen LogP contribution in [0.25, 0.3) is 0 Å². The molecule has 10 nitrogen and oxygen atoms in total. The van der Waals surface area contributed by atoms with Crippen molar-refractivity contribution in [2.75, 3.05) is 11.9 Å². The van der Waals surface area contributed by atoms with Crippen LogP contribution in [0.2, 0.25) is 5.02 Å². The van der Waals surface area contributed by atoms with Gasteiger partial charge in [-0.25, -0.2) is 14.8 Å². The van der Waals surface area contributed by atoms with Gasteiger partial charge in [0.2, 0.25) is 5.90 Å². The smallest absolute Gasteiger partial charge is 0.348 e. The van der Waals surface area contributed by atoms with Crippen LogP contribution < -0.4 is 10.1 Å². The van der Waals surface area contributed by atoms with Gasteiger partial charge in [-0.15, -0.1) is 0 Å². The Hall–Kier alpha value is -3.57. The lowest BCUT2D eigenvalue weighted by atomic mass is 10.1. The molecule has 0 bridgehead atoms. The highest BCUT2D eigenvalue weighted by atomic mass is 79.9. The standard InChI is InChI=1S/C28H31BrClN5O5/c1-2-3-4-5-6-7-8-11-16-39-26(22-12-9-10-13-24(22)35(37)38)34-27(36)33-21-14-15-25(23(30)17-21)40-28-31-18-20(29)19-32-28/h9-10,12-15,17-19H,2-8,11,16H2,1H3,(H,33,36)/b34-26+. The molecule has 0 aliphatic carbocycles. The van der Waals surface area contributed by atoms with E-state index in [0.29, 0.717) is 15.9 Å². The molecule has 212 valence electrons. The number of amides is 2. The molecule has 0 radical (unpaired) electrons. The van der Waals surface area contributed by atoms with Gasteiger partial charge < -0.3 is 14.8 Å². The number of hydrogen-bond acceptors (Lipinski definition) is 7. The molecule has 3 rings (SSSR count). The maximum atomic E-state index is 12.8. The zero-order valence-electron chi connectivity index (χ0n) is 22.1. The molecule has 1 aromatic heterocycles. The first-order chi connectivity index (χ1) is 19.4. The number of carbonyl (C=O) groups is 1. The van der Waals surface area contributed by atoms with Crippen molar-refractivity contribution in [1.29, 1.82) is 0 Å². The topological polar surface area (TPSA) is 129 Å². The van der Waals surface area contributed by atoms with Crippen molar-refractivity contribution < 1.29 is 19.2 Å². The SMILES string of the molecule is CCCCCCCCCCO/C(=N/C(=O)Nc1ccc(Oc2ncc(Br)cn2)c(Cl)c1)c1ccccc1[N+](=O)[O-]. The van der Waals surface area contributed by atoms with E-state index in [1.54, 1.807) is 24.3 Å². The number of anilines is 1. The van der Waals surface area contributed by atoms with Crippen LogP contribution in [0.3, 0.4) is 0 Å². The van der Waals surface area contributed by atoms with Gasteiger partial charge in [-0.2, -0.15) is 4.99 Å². The average molecular weight is 633 g/mol. The van der Waals surface area contributed by atoms with Crippen LogP contribution in [-0.4, -0.2) is 33.4 Å². The van der Waals surface area contributed by atoms with Gasteiger partial charge in [0.05, 0.1) is 21.0 Å². The van der Waals surface area contributed by atoms with Crippen molar-refractivity contribution in [3.8, 4) is 11.8 Å². The molecule has 40 heavy (non-hydrogen) atoms. The number of nitro groups is 1. The fourth-order valence-corrected chi connectivity index (χ4v) is 4.17. The van der Waals surface area contributed by atoms with Gasteiger partial charge in [0.15, 0.2) is 0 Å². The van der Waals surface area contributed by atoms with Gasteiger partial charge in [-0.3, -0.25) is 10.1 Å². The highest BCUT2D eigenvalue weighted by Gasteiger charge is 2.20. The number of nitrogens with one attached hydrogen (secondary N) is 1.